The molecule has 9 atom stereocenters. The summed E-state index contributed by atoms with van der Waals surface area (Å²) in [5.74, 6) is -0.714. The molecule has 0 aromatic heterocycles. The number of alkyl halides is 6. The summed E-state index contributed by atoms with van der Waals surface area (Å²) in [6.07, 6.45) is -19.6. The number of anilines is 2. The standard InChI is InChI=1S/C39H45F6N5O10/c1-37(2,3)20-12-10-19(11-13-20)33(55)49-28-26(16-51)58-18-25(48-35(56)46-23-8-4-6-21(14-23)38(40,41)42)32(28)60-34-29(31(54)30(53)27(17-52)59-34)50-36(57)47-24-9-5-7-22(15-24)39(43,44)45/h4-15,25-32,34,51-54H,16-18H2,1-3H3,(H,49,55)(H2,46,48,56)(H2,47,50,57)/t25-,26+,27+,28-,29+,30+,31+,32+,34-/m0/s1. The first-order chi connectivity index (χ1) is 28.1. The molecule has 60 heavy (non-hydrogen) atoms. The quantitative estimate of drug-likeness (QED) is 0.135. The maximum Gasteiger partial charge on any atom is 0.416 e. The summed E-state index contributed by atoms with van der Waals surface area (Å²) in [6.45, 7) is 3.78. The van der Waals surface area contributed by atoms with E-state index in [9.17, 15) is 61.2 Å². The minimum absolute atomic E-state index is 0.148. The highest BCUT2D eigenvalue weighted by atomic mass is 19.4. The lowest BCUT2D eigenvalue weighted by atomic mass is 9.86. The van der Waals surface area contributed by atoms with Gasteiger partial charge < -0.3 is 61.2 Å². The molecule has 15 nitrogen and oxygen atoms in total. The van der Waals surface area contributed by atoms with E-state index in [1.165, 1.54) is 6.07 Å². The highest BCUT2D eigenvalue weighted by Crippen LogP contribution is 2.33. The molecular formula is C39H45F6N5O10. The van der Waals surface area contributed by atoms with E-state index in [1.807, 2.05) is 20.8 Å². The Hall–Kier alpha value is -5.03. The molecule has 3 aromatic carbocycles. The Morgan fingerprint density at radius 3 is 1.73 bits per heavy atom. The Kier molecular flexibility index (Phi) is 14.4. The van der Waals surface area contributed by atoms with E-state index in [1.54, 1.807) is 24.3 Å². The lowest BCUT2D eigenvalue weighted by molar-refractivity contribution is -0.293. The summed E-state index contributed by atoms with van der Waals surface area (Å²) >= 11 is 0. The normalized spacial score (nSPS) is 26.1. The van der Waals surface area contributed by atoms with Crippen LogP contribution in [0, 0.1) is 0 Å². The molecule has 2 aliphatic rings. The predicted octanol–water partition coefficient (Wildman–Crippen LogP) is 3.72. The number of aliphatic hydroxyl groups excluding tert-OH is 4. The van der Waals surface area contributed by atoms with Gasteiger partial charge in [0.15, 0.2) is 6.29 Å². The van der Waals surface area contributed by atoms with Crippen molar-refractivity contribution in [2.24, 2.45) is 0 Å². The fourth-order valence-electron chi connectivity index (χ4n) is 6.60. The average molecular weight is 858 g/mol. The van der Waals surface area contributed by atoms with Gasteiger partial charge in [0, 0.05) is 16.9 Å². The first kappa shape index (κ1) is 46.0. The van der Waals surface area contributed by atoms with Crippen LogP contribution in [0.1, 0.15) is 47.8 Å². The van der Waals surface area contributed by atoms with E-state index >= 15 is 0 Å². The zero-order chi connectivity index (χ0) is 44.2. The molecular weight excluding hydrogens is 812 g/mol. The van der Waals surface area contributed by atoms with E-state index in [2.05, 4.69) is 26.6 Å². The molecule has 0 aliphatic carbocycles. The van der Waals surface area contributed by atoms with Crippen LogP contribution >= 0.6 is 0 Å². The first-order valence-corrected chi connectivity index (χ1v) is 18.5. The van der Waals surface area contributed by atoms with Gasteiger partial charge in [-0.3, -0.25) is 4.79 Å². The molecule has 2 aliphatic heterocycles. The summed E-state index contributed by atoms with van der Waals surface area (Å²) < 4.78 is 98.1. The Labute approximate surface area is 339 Å². The predicted molar refractivity (Wildman–Crippen MR) is 201 cm³/mol. The zero-order valence-electron chi connectivity index (χ0n) is 32.3. The van der Waals surface area contributed by atoms with Crippen molar-refractivity contribution in [2.75, 3.05) is 30.5 Å². The third kappa shape index (κ3) is 11.4. The van der Waals surface area contributed by atoms with Crippen molar-refractivity contribution in [1.82, 2.24) is 16.0 Å². The van der Waals surface area contributed by atoms with Gasteiger partial charge in [-0.2, -0.15) is 26.3 Å². The summed E-state index contributed by atoms with van der Waals surface area (Å²) in [6, 6.07) is 7.03. The van der Waals surface area contributed by atoms with Crippen molar-refractivity contribution in [3.8, 4) is 0 Å². The Balaban J connectivity index is 1.47. The van der Waals surface area contributed by atoms with Crippen molar-refractivity contribution in [3.63, 3.8) is 0 Å². The summed E-state index contributed by atoms with van der Waals surface area (Å²) in [4.78, 5) is 40.3. The van der Waals surface area contributed by atoms with Crippen LogP contribution in [-0.2, 0) is 32.0 Å². The van der Waals surface area contributed by atoms with Gasteiger partial charge in [0.2, 0.25) is 0 Å². The van der Waals surface area contributed by atoms with Crippen molar-refractivity contribution >= 4 is 29.3 Å². The maximum absolute atomic E-state index is 13.8. The van der Waals surface area contributed by atoms with E-state index in [-0.39, 0.29) is 22.4 Å². The maximum atomic E-state index is 13.8. The van der Waals surface area contributed by atoms with Crippen molar-refractivity contribution < 1.29 is 75.4 Å². The van der Waals surface area contributed by atoms with Gasteiger partial charge in [-0.25, -0.2) is 9.59 Å². The molecule has 21 heteroatoms. The molecule has 0 unspecified atom stereocenters. The zero-order valence-corrected chi connectivity index (χ0v) is 32.3. The topological polar surface area (TPSA) is 220 Å². The summed E-state index contributed by atoms with van der Waals surface area (Å²) in [5.41, 5.74) is -1.94. The highest BCUT2D eigenvalue weighted by molar-refractivity contribution is 5.94. The Bertz CT molecular complexity index is 1970. The third-order valence-corrected chi connectivity index (χ3v) is 9.81. The van der Waals surface area contributed by atoms with Crippen LogP contribution < -0.4 is 26.6 Å². The molecule has 5 amide bonds. The number of halogens is 6. The molecule has 0 spiro atoms. The van der Waals surface area contributed by atoms with Crippen LogP contribution in [0.4, 0.5) is 47.3 Å². The van der Waals surface area contributed by atoms with Gasteiger partial charge in [0.05, 0.1) is 43.0 Å². The number of rotatable bonds is 10. The van der Waals surface area contributed by atoms with Crippen LogP contribution in [0.25, 0.3) is 0 Å². The van der Waals surface area contributed by atoms with E-state index in [4.69, 9.17) is 14.2 Å². The van der Waals surface area contributed by atoms with Crippen LogP contribution in [0.2, 0.25) is 0 Å². The number of amides is 5. The Morgan fingerprint density at radius 1 is 0.700 bits per heavy atom. The van der Waals surface area contributed by atoms with E-state index in [0.717, 1.165) is 35.9 Å². The molecule has 328 valence electrons. The van der Waals surface area contributed by atoms with Gasteiger partial charge in [0.1, 0.15) is 36.6 Å². The van der Waals surface area contributed by atoms with E-state index in [0.29, 0.717) is 12.1 Å². The fourth-order valence-corrected chi connectivity index (χ4v) is 6.60. The molecule has 0 saturated carbocycles. The van der Waals surface area contributed by atoms with E-state index < -0.39 is 116 Å². The number of hydrogen-bond acceptors (Lipinski definition) is 10. The van der Waals surface area contributed by atoms with Gasteiger partial charge >= 0.3 is 24.4 Å². The average Bonchev–Trinajstić information content (AvgIpc) is 3.18. The van der Waals surface area contributed by atoms with Crippen LogP contribution in [0.15, 0.2) is 72.8 Å². The Morgan fingerprint density at radius 2 is 1.23 bits per heavy atom. The lowest BCUT2D eigenvalue weighted by Crippen LogP contribution is -2.70. The summed E-state index contributed by atoms with van der Waals surface area (Å²) in [7, 11) is 0. The monoisotopic (exact) mass is 857 g/mol. The molecule has 9 N–H and O–H groups in total. The summed E-state index contributed by atoms with van der Waals surface area (Å²) in [5, 5.41) is 54.3. The molecule has 2 fully saturated rings. The minimum atomic E-state index is -4.75. The second-order valence-electron chi connectivity index (χ2n) is 15.2. The number of hydrogen-bond donors (Lipinski definition) is 9. The smallest absolute Gasteiger partial charge is 0.394 e. The second-order valence-corrected chi connectivity index (χ2v) is 15.2. The number of carbonyl (C=O) groups excluding carboxylic acids is 3. The molecule has 2 heterocycles. The second kappa shape index (κ2) is 18.7. The van der Waals surface area contributed by atoms with Crippen LogP contribution in [0.5, 0.6) is 0 Å². The van der Waals surface area contributed by atoms with Crippen LogP contribution in [0.3, 0.4) is 0 Å². The molecule has 0 radical (unpaired) electrons. The van der Waals surface area contributed by atoms with Crippen molar-refractivity contribution in [2.45, 2.75) is 93.5 Å². The number of ether oxygens (including phenoxy) is 3. The number of benzene rings is 3. The number of nitrogens with one attached hydrogen (secondary N) is 5. The number of carbonyl (C=O) groups is 3. The van der Waals surface area contributed by atoms with Gasteiger partial charge in [-0.15, -0.1) is 0 Å². The number of urea groups is 2. The lowest BCUT2D eigenvalue weighted by Gasteiger charge is -2.47. The molecule has 0 bridgehead atoms. The SMILES string of the molecule is CC(C)(C)c1ccc(C(=O)N[C@@H]2[C@H](O[C@@H]3O[C@H](CO)[C@@H](O)[C@H](O)[C@H]3NC(=O)Nc3cccc(C(F)(F)F)c3)[C@@H](NC(=O)Nc3cccc(C(F)(F)F)c3)CO[C@@H]2CO)cc1. The largest absolute Gasteiger partial charge is 0.416 e. The minimum Gasteiger partial charge on any atom is -0.394 e. The van der Waals surface area contributed by atoms with Crippen LogP contribution in [-0.4, -0.2) is 113 Å². The molecule has 5 rings (SSSR count). The van der Waals surface area contributed by atoms with Crippen molar-refractivity contribution in [1.29, 1.82) is 0 Å². The van der Waals surface area contributed by atoms with Gasteiger partial charge in [-0.05, 0) is 59.5 Å². The molecule has 3 aromatic rings. The molecule has 2 saturated heterocycles. The third-order valence-electron chi connectivity index (χ3n) is 9.81. The van der Waals surface area contributed by atoms with Crippen molar-refractivity contribution in [3.05, 3.63) is 95.1 Å². The highest BCUT2D eigenvalue weighted by Gasteiger charge is 2.50. The van der Waals surface area contributed by atoms with Gasteiger partial charge in [-0.1, -0.05) is 45.0 Å². The number of aliphatic hydroxyl groups is 4. The first-order valence-electron chi connectivity index (χ1n) is 18.5. The fraction of sp³-hybridized carbons (Fsp3) is 0.462. The van der Waals surface area contributed by atoms with Gasteiger partial charge in [0.25, 0.3) is 5.91 Å².